The number of aliphatic hydroxyl groups excluding tert-OH is 7. The third-order valence-corrected chi connectivity index (χ3v) is 16.1. The van der Waals surface area contributed by atoms with Gasteiger partial charge in [-0.2, -0.15) is 0 Å². The number of fused-ring (bicyclic) bond motifs is 7. The SMILES string of the molecule is C[C@@H]1CC[C@@]2(OC1)O[C@@H]1C[C@H]3[C@@H]4CC[C@H]5CC[C@@H](O[C@H]6O[C@H](CO)[C@@H](O)[C@H](O)[C@@H]6O[C@@H]6O[C@H](CO)[C@@H](O)[C@H](O)[C@H]6O)C[C@@]5(C)[C@H]4CC[C@@]3(C)[C@@H]1[C@@H]2C. The molecule has 0 unspecified atom stereocenters. The quantitative estimate of drug-likeness (QED) is 0.194. The summed E-state index contributed by atoms with van der Waals surface area (Å²) < 4.78 is 37.8. The highest BCUT2D eigenvalue weighted by atomic mass is 16.8. The van der Waals surface area contributed by atoms with E-state index in [1.165, 1.54) is 25.7 Å². The Labute approximate surface area is 307 Å². The lowest BCUT2D eigenvalue weighted by Gasteiger charge is -2.61. The van der Waals surface area contributed by atoms with Gasteiger partial charge < -0.3 is 64.2 Å². The highest BCUT2D eigenvalue weighted by molar-refractivity contribution is 5.15. The molecule has 4 aliphatic carbocycles. The van der Waals surface area contributed by atoms with Gasteiger partial charge in [-0.25, -0.2) is 0 Å². The summed E-state index contributed by atoms with van der Waals surface area (Å²) in [6.45, 7) is 9.24. The molecule has 8 rings (SSSR count). The molecule has 4 aliphatic heterocycles. The van der Waals surface area contributed by atoms with Gasteiger partial charge in [0.2, 0.25) is 0 Å². The molecule has 13 nitrogen and oxygen atoms in total. The van der Waals surface area contributed by atoms with Crippen molar-refractivity contribution in [1.82, 2.24) is 0 Å². The number of aliphatic hydroxyl groups is 7. The van der Waals surface area contributed by atoms with Gasteiger partial charge in [-0.3, -0.25) is 0 Å². The monoisotopic (exact) mass is 740 g/mol. The molecule has 7 N–H and O–H groups in total. The second-order valence-electron chi connectivity index (χ2n) is 18.7. The molecule has 298 valence electrons. The first-order valence-corrected chi connectivity index (χ1v) is 20.3. The van der Waals surface area contributed by atoms with Crippen molar-refractivity contribution in [2.75, 3.05) is 19.8 Å². The van der Waals surface area contributed by atoms with Crippen LogP contribution in [0.5, 0.6) is 0 Å². The molecule has 8 aliphatic rings. The van der Waals surface area contributed by atoms with Crippen molar-refractivity contribution >= 4 is 0 Å². The molecule has 22 atom stereocenters. The van der Waals surface area contributed by atoms with Crippen LogP contribution in [0, 0.1) is 52.3 Å². The summed E-state index contributed by atoms with van der Waals surface area (Å²) in [4.78, 5) is 0. The molecule has 8 fully saturated rings. The predicted molar refractivity (Wildman–Crippen MR) is 183 cm³/mol. The van der Waals surface area contributed by atoms with Crippen LogP contribution < -0.4 is 0 Å². The summed E-state index contributed by atoms with van der Waals surface area (Å²) >= 11 is 0. The van der Waals surface area contributed by atoms with Crippen LogP contribution in [-0.2, 0) is 28.4 Å². The van der Waals surface area contributed by atoms with E-state index in [0.29, 0.717) is 41.4 Å². The van der Waals surface area contributed by atoms with E-state index in [0.717, 1.165) is 45.1 Å². The van der Waals surface area contributed by atoms with Gasteiger partial charge in [0, 0.05) is 12.3 Å². The lowest BCUT2D eigenvalue weighted by Crippen LogP contribution is -2.65. The second kappa shape index (κ2) is 14.1. The lowest BCUT2D eigenvalue weighted by atomic mass is 9.44. The summed E-state index contributed by atoms with van der Waals surface area (Å²) in [7, 11) is 0. The number of hydrogen-bond donors (Lipinski definition) is 7. The molecule has 0 bridgehead atoms. The van der Waals surface area contributed by atoms with Crippen molar-refractivity contribution in [3.63, 3.8) is 0 Å². The maximum Gasteiger partial charge on any atom is 0.187 e. The zero-order valence-electron chi connectivity index (χ0n) is 31.2. The van der Waals surface area contributed by atoms with E-state index in [-0.39, 0.29) is 23.0 Å². The Hall–Kier alpha value is -0.520. The summed E-state index contributed by atoms with van der Waals surface area (Å²) in [6.07, 6.45) is -4.00. The zero-order chi connectivity index (χ0) is 36.9. The fraction of sp³-hybridized carbons (Fsp3) is 1.00. The van der Waals surface area contributed by atoms with Crippen LogP contribution in [0.15, 0.2) is 0 Å². The van der Waals surface area contributed by atoms with Crippen LogP contribution in [0.4, 0.5) is 0 Å². The van der Waals surface area contributed by atoms with Gasteiger partial charge in [-0.1, -0.05) is 27.7 Å². The molecule has 52 heavy (non-hydrogen) atoms. The van der Waals surface area contributed by atoms with E-state index in [1.54, 1.807) is 0 Å². The third kappa shape index (κ3) is 5.98. The third-order valence-electron chi connectivity index (χ3n) is 16.1. The molecule has 0 aromatic carbocycles. The fourth-order valence-corrected chi connectivity index (χ4v) is 13.3. The van der Waals surface area contributed by atoms with Crippen LogP contribution in [0.1, 0.15) is 91.9 Å². The first-order chi connectivity index (χ1) is 24.7. The molecular formula is C39H64O13. The van der Waals surface area contributed by atoms with Crippen molar-refractivity contribution in [1.29, 1.82) is 0 Å². The zero-order valence-corrected chi connectivity index (χ0v) is 31.2. The van der Waals surface area contributed by atoms with E-state index in [4.69, 9.17) is 28.4 Å². The van der Waals surface area contributed by atoms with Crippen molar-refractivity contribution in [2.24, 2.45) is 52.3 Å². The van der Waals surface area contributed by atoms with Crippen molar-refractivity contribution in [3.8, 4) is 0 Å². The molecule has 0 amide bonds. The Morgan fingerprint density at radius 3 is 2.08 bits per heavy atom. The van der Waals surface area contributed by atoms with E-state index in [9.17, 15) is 35.7 Å². The van der Waals surface area contributed by atoms with E-state index < -0.39 is 80.4 Å². The van der Waals surface area contributed by atoms with Gasteiger partial charge in [-0.05, 0) is 104 Å². The Bertz CT molecular complexity index is 1260. The van der Waals surface area contributed by atoms with Gasteiger partial charge in [0.15, 0.2) is 18.4 Å². The number of hydrogen-bond acceptors (Lipinski definition) is 13. The molecule has 0 aromatic heterocycles. The number of ether oxygens (including phenoxy) is 6. The maximum atomic E-state index is 11.2. The van der Waals surface area contributed by atoms with Crippen molar-refractivity contribution in [2.45, 2.75) is 171 Å². The Morgan fingerprint density at radius 1 is 0.692 bits per heavy atom. The largest absolute Gasteiger partial charge is 0.394 e. The van der Waals surface area contributed by atoms with Crippen molar-refractivity contribution in [3.05, 3.63) is 0 Å². The molecule has 1 spiro atoms. The second-order valence-corrected chi connectivity index (χ2v) is 18.7. The van der Waals surface area contributed by atoms with Crippen molar-refractivity contribution < 1.29 is 64.2 Å². The normalized spacial score (nSPS) is 59.0. The Morgan fingerprint density at radius 2 is 1.38 bits per heavy atom. The molecular weight excluding hydrogens is 676 g/mol. The average molecular weight is 741 g/mol. The Kier molecular flexibility index (Phi) is 10.4. The first-order valence-electron chi connectivity index (χ1n) is 20.3. The summed E-state index contributed by atoms with van der Waals surface area (Å²) in [5.74, 6) is 3.35. The fourth-order valence-electron chi connectivity index (χ4n) is 13.3. The molecule has 0 aromatic rings. The Balaban J connectivity index is 0.980. The van der Waals surface area contributed by atoms with Gasteiger partial charge in [0.1, 0.15) is 48.8 Å². The smallest absolute Gasteiger partial charge is 0.187 e. The molecule has 4 saturated carbocycles. The standard InChI is InChI=1S/C39H64O13/c1-18-9-12-39(47-17-18)19(2)28-25(52-39)13-24-22-8-6-20-5-7-21(14-38(20,4)23(22)10-11-37(24,28)3)48-36-34(32(45)30(43)27(16-41)50-36)51-35-33(46)31(44)29(42)26(15-40)49-35/h18-36,40-46H,5-17H2,1-4H3/t18-,19+,20-,21-,22-,23+,24+,25-,26-,27-,28-,29-,30-,31+,32+,33-,34+,35+,36+,37-,38-,39-/m1/s1. The topological polar surface area (TPSA) is 197 Å². The van der Waals surface area contributed by atoms with Gasteiger partial charge in [-0.15, -0.1) is 0 Å². The highest BCUT2D eigenvalue weighted by Crippen LogP contribution is 2.71. The lowest BCUT2D eigenvalue weighted by molar-refractivity contribution is -0.373. The summed E-state index contributed by atoms with van der Waals surface area (Å²) in [6, 6.07) is 0. The minimum atomic E-state index is -1.71. The van der Waals surface area contributed by atoms with Crippen LogP contribution in [0.2, 0.25) is 0 Å². The minimum absolute atomic E-state index is 0.0258. The number of rotatable bonds is 6. The highest BCUT2D eigenvalue weighted by Gasteiger charge is 2.69. The van der Waals surface area contributed by atoms with E-state index in [2.05, 4.69) is 27.7 Å². The molecule has 4 saturated heterocycles. The van der Waals surface area contributed by atoms with Gasteiger partial charge in [0.05, 0.1) is 32.0 Å². The first kappa shape index (κ1) is 38.4. The molecule has 4 heterocycles. The average Bonchev–Trinajstić information content (AvgIpc) is 3.57. The van der Waals surface area contributed by atoms with Crippen LogP contribution in [0.3, 0.4) is 0 Å². The van der Waals surface area contributed by atoms with Crippen LogP contribution >= 0.6 is 0 Å². The van der Waals surface area contributed by atoms with Gasteiger partial charge >= 0.3 is 0 Å². The molecule has 0 radical (unpaired) electrons. The van der Waals surface area contributed by atoms with Crippen LogP contribution in [0.25, 0.3) is 0 Å². The van der Waals surface area contributed by atoms with E-state index in [1.807, 2.05) is 0 Å². The maximum absolute atomic E-state index is 11.2. The van der Waals surface area contributed by atoms with E-state index >= 15 is 0 Å². The predicted octanol–water partition coefficient (Wildman–Crippen LogP) is 1.44. The van der Waals surface area contributed by atoms with Crippen LogP contribution in [-0.4, -0.2) is 135 Å². The minimum Gasteiger partial charge on any atom is -0.394 e. The summed E-state index contributed by atoms with van der Waals surface area (Å²) in [5.41, 5.74) is 0.244. The molecule has 13 heteroatoms. The van der Waals surface area contributed by atoms with Gasteiger partial charge in [0.25, 0.3) is 0 Å². The summed E-state index contributed by atoms with van der Waals surface area (Å²) in [5, 5.41) is 73.0.